The largest absolute Gasteiger partial charge is 0.456 e. The van der Waals surface area contributed by atoms with Crippen LogP contribution in [-0.4, -0.2) is 0 Å². The fourth-order valence-electron chi connectivity index (χ4n) is 1.69. The molecule has 0 aliphatic carbocycles. The number of furan rings is 1. The number of hydrogen-bond acceptors (Lipinski definition) is 2. The van der Waals surface area contributed by atoms with Gasteiger partial charge in [0.15, 0.2) is 11.4 Å². The monoisotopic (exact) mass is 317 g/mol. The van der Waals surface area contributed by atoms with E-state index in [4.69, 9.17) is 10.2 Å². The summed E-state index contributed by atoms with van der Waals surface area (Å²) in [7, 11) is 0. The Morgan fingerprint density at radius 3 is 2.44 bits per heavy atom. The van der Waals surface area contributed by atoms with Gasteiger partial charge in [-0.25, -0.2) is 4.39 Å². The first-order chi connectivity index (χ1) is 8.21. The maximum absolute atomic E-state index is 13.6. The molecule has 0 saturated heterocycles. The van der Waals surface area contributed by atoms with E-state index >= 15 is 0 Å². The highest BCUT2D eigenvalue weighted by molar-refractivity contribution is 9.10. The summed E-state index contributed by atoms with van der Waals surface area (Å²) in [5.41, 5.74) is 5.72. The number of hydrogen-bond donors (Lipinski definition) is 1. The van der Waals surface area contributed by atoms with E-state index in [-0.39, 0.29) is 17.0 Å². The molecule has 0 saturated carbocycles. The lowest BCUT2D eigenvalue weighted by molar-refractivity contribution is 0.289. The van der Waals surface area contributed by atoms with E-state index in [1.165, 1.54) is 0 Å². The molecule has 1 aromatic heterocycles. The summed E-state index contributed by atoms with van der Waals surface area (Å²) in [6, 6.07) is 2.34. The van der Waals surface area contributed by atoms with Crippen LogP contribution >= 0.6 is 15.9 Å². The van der Waals surface area contributed by atoms with E-state index in [0.717, 1.165) is 6.07 Å². The second-order valence-electron chi connectivity index (χ2n) is 5.39. The Hall–Kier alpha value is -0.940. The maximum Gasteiger partial charge on any atom is 0.201 e. The Labute approximate surface area is 112 Å². The van der Waals surface area contributed by atoms with Gasteiger partial charge in [-0.1, -0.05) is 20.8 Å². The summed E-state index contributed by atoms with van der Waals surface area (Å²) in [5.74, 6) is -1.48. The molecule has 0 amide bonds. The first kappa shape index (κ1) is 13.5. The molecule has 0 aliphatic rings. The summed E-state index contributed by atoms with van der Waals surface area (Å²) < 4.78 is 32.7. The van der Waals surface area contributed by atoms with E-state index < -0.39 is 11.6 Å². The van der Waals surface area contributed by atoms with Crippen LogP contribution in [0.3, 0.4) is 0 Å². The number of rotatable bonds is 1. The van der Waals surface area contributed by atoms with Gasteiger partial charge in [-0.3, -0.25) is 0 Å². The third-order valence-electron chi connectivity index (χ3n) is 2.91. The molecule has 0 fully saturated rings. The lowest BCUT2D eigenvalue weighted by atomic mass is 9.86. The number of benzene rings is 1. The second-order valence-corrected chi connectivity index (χ2v) is 6.24. The lowest BCUT2D eigenvalue weighted by Gasteiger charge is -2.24. The molecular formula is C13H14BrF2NO. The molecule has 0 radical (unpaired) electrons. The highest BCUT2D eigenvalue weighted by Crippen LogP contribution is 2.37. The summed E-state index contributed by atoms with van der Waals surface area (Å²) in [4.78, 5) is 0. The molecule has 2 aromatic rings. The van der Waals surface area contributed by atoms with Crippen molar-refractivity contribution in [3.8, 4) is 0 Å². The van der Waals surface area contributed by atoms with Crippen LogP contribution < -0.4 is 5.73 Å². The van der Waals surface area contributed by atoms with Crippen molar-refractivity contribution in [1.29, 1.82) is 0 Å². The number of nitrogens with two attached hydrogens (primary N) is 1. The van der Waals surface area contributed by atoms with Crippen LogP contribution in [0.4, 0.5) is 8.78 Å². The Morgan fingerprint density at radius 2 is 1.89 bits per heavy atom. The van der Waals surface area contributed by atoms with Crippen LogP contribution in [0.25, 0.3) is 11.0 Å². The van der Waals surface area contributed by atoms with Crippen molar-refractivity contribution in [2.24, 2.45) is 11.1 Å². The minimum atomic E-state index is -0.986. The van der Waals surface area contributed by atoms with Crippen molar-refractivity contribution >= 4 is 26.9 Å². The summed E-state index contributed by atoms with van der Waals surface area (Å²) >= 11 is 3.19. The predicted molar refractivity (Wildman–Crippen MR) is 70.2 cm³/mol. The zero-order valence-electron chi connectivity index (χ0n) is 10.4. The first-order valence-electron chi connectivity index (χ1n) is 5.54. The fourth-order valence-corrected chi connectivity index (χ4v) is 2.19. The van der Waals surface area contributed by atoms with Gasteiger partial charge in [-0.05, 0) is 33.5 Å². The van der Waals surface area contributed by atoms with E-state index in [1.807, 2.05) is 20.8 Å². The van der Waals surface area contributed by atoms with Gasteiger partial charge < -0.3 is 10.2 Å². The van der Waals surface area contributed by atoms with E-state index in [2.05, 4.69) is 15.9 Å². The van der Waals surface area contributed by atoms with Gasteiger partial charge in [0.1, 0.15) is 5.76 Å². The van der Waals surface area contributed by atoms with Gasteiger partial charge in [-0.2, -0.15) is 4.39 Å². The molecule has 2 N–H and O–H groups in total. The predicted octanol–water partition coefficient (Wildman–Crippen LogP) is 4.52. The fraction of sp³-hybridized carbons (Fsp3) is 0.385. The Balaban J connectivity index is 2.64. The zero-order valence-corrected chi connectivity index (χ0v) is 11.9. The van der Waals surface area contributed by atoms with Gasteiger partial charge >= 0.3 is 0 Å². The average molecular weight is 318 g/mol. The third kappa shape index (κ3) is 2.17. The minimum absolute atomic E-state index is 0.100. The van der Waals surface area contributed by atoms with Crippen molar-refractivity contribution in [3.63, 3.8) is 0 Å². The smallest absolute Gasteiger partial charge is 0.201 e. The molecule has 0 aliphatic heterocycles. The minimum Gasteiger partial charge on any atom is -0.456 e. The van der Waals surface area contributed by atoms with Gasteiger partial charge in [0.25, 0.3) is 0 Å². The molecular weight excluding hydrogens is 304 g/mol. The molecule has 1 atom stereocenters. The standard InChI is InChI=1S/C13H14BrF2NO/c1-13(2,3)12(17)9-4-6-7(14)5-8(15)10(16)11(6)18-9/h4-5,12H,17H2,1-3H3. The third-order valence-corrected chi connectivity index (χ3v) is 3.57. The van der Waals surface area contributed by atoms with Crippen LogP contribution in [0.2, 0.25) is 0 Å². The molecule has 0 spiro atoms. The first-order valence-corrected chi connectivity index (χ1v) is 6.33. The van der Waals surface area contributed by atoms with Gasteiger partial charge in [0.2, 0.25) is 5.82 Å². The highest BCUT2D eigenvalue weighted by Gasteiger charge is 2.27. The Morgan fingerprint density at radius 1 is 1.28 bits per heavy atom. The molecule has 18 heavy (non-hydrogen) atoms. The summed E-state index contributed by atoms with van der Waals surface area (Å²) in [6.45, 7) is 5.87. The van der Waals surface area contributed by atoms with Crippen molar-refractivity contribution < 1.29 is 13.2 Å². The average Bonchev–Trinajstić information content (AvgIpc) is 2.69. The normalized spacial score (nSPS) is 14.2. The summed E-state index contributed by atoms with van der Waals surface area (Å²) in [5, 5.41) is 0.489. The molecule has 0 bridgehead atoms. The highest BCUT2D eigenvalue weighted by atomic mass is 79.9. The SMILES string of the molecule is CC(C)(C)C(N)c1cc2c(Br)cc(F)c(F)c2o1. The van der Waals surface area contributed by atoms with Crippen molar-refractivity contribution in [3.05, 3.63) is 34.0 Å². The van der Waals surface area contributed by atoms with Gasteiger partial charge in [0.05, 0.1) is 6.04 Å². The molecule has 1 heterocycles. The maximum atomic E-state index is 13.6. The van der Waals surface area contributed by atoms with Gasteiger partial charge in [-0.15, -0.1) is 0 Å². The molecule has 1 aromatic carbocycles. The van der Waals surface area contributed by atoms with Crippen LogP contribution in [0.5, 0.6) is 0 Å². The van der Waals surface area contributed by atoms with E-state index in [9.17, 15) is 8.78 Å². The molecule has 5 heteroatoms. The molecule has 2 rings (SSSR count). The topological polar surface area (TPSA) is 39.2 Å². The summed E-state index contributed by atoms with van der Waals surface area (Å²) in [6.07, 6.45) is 0. The van der Waals surface area contributed by atoms with Crippen LogP contribution in [0.1, 0.15) is 32.6 Å². The molecule has 2 nitrogen and oxygen atoms in total. The zero-order chi connectivity index (χ0) is 13.7. The molecule has 1 unspecified atom stereocenters. The van der Waals surface area contributed by atoms with Crippen LogP contribution in [0, 0.1) is 17.0 Å². The Bertz CT molecular complexity index is 601. The van der Waals surface area contributed by atoms with Gasteiger partial charge in [0, 0.05) is 9.86 Å². The quantitative estimate of drug-likeness (QED) is 0.785. The second kappa shape index (κ2) is 4.31. The van der Waals surface area contributed by atoms with Crippen molar-refractivity contribution in [2.75, 3.05) is 0 Å². The lowest BCUT2D eigenvalue weighted by Crippen LogP contribution is -2.25. The number of fused-ring (bicyclic) bond motifs is 1. The van der Waals surface area contributed by atoms with Crippen LogP contribution in [-0.2, 0) is 0 Å². The van der Waals surface area contributed by atoms with Crippen molar-refractivity contribution in [1.82, 2.24) is 0 Å². The van der Waals surface area contributed by atoms with E-state index in [1.54, 1.807) is 6.07 Å². The number of halogens is 3. The molecule has 98 valence electrons. The van der Waals surface area contributed by atoms with Crippen molar-refractivity contribution in [2.45, 2.75) is 26.8 Å². The van der Waals surface area contributed by atoms with Crippen LogP contribution in [0.15, 0.2) is 21.0 Å². The van der Waals surface area contributed by atoms with E-state index in [0.29, 0.717) is 15.6 Å². The Kier molecular flexibility index (Phi) is 3.23.